The van der Waals surface area contributed by atoms with Crippen molar-refractivity contribution in [1.29, 1.82) is 0 Å². The van der Waals surface area contributed by atoms with Crippen molar-refractivity contribution in [1.82, 2.24) is 0 Å². The van der Waals surface area contributed by atoms with Crippen LogP contribution < -0.4 is 0 Å². The van der Waals surface area contributed by atoms with Gasteiger partial charge in [-0.15, -0.1) is 0 Å². The van der Waals surface area contributed by atoms with Crippen LogP contribution in [0.25, 0.3) is 0 Å². The summed E-state index contributed by atoms with van der Waals surface area (Å²) in [5.74, 6) is -0.880. The highest BCUT2D eigenvalue weighted by molar-refractivity contribution is 7.46. The first-order valence-corrected chi connectivity index (χ1v) is 24.5. The SMILES string of the molecule is CCCCCCCCC/C=C\CCCCCCCC(=O)OC(COC(=O)CCCCCCCCCCCCCCCCCCCCCC)COP(=O)(O)O. The Morgan fingerprint density at radius 1 is 0.463 bits per heavy atom. The summed E-state index contributed by atoms with van der Waals surface area (Å²) in [5, 5.41) is 0. The van der Waals surface area contributed by atoms with Crippen molar-refractivity contribution >= 4 is 19.8 Å². The number of hydrogen-bond donors (Lipinski definition) is 2. The monoisotopic (exact) mass is 787 g/mol. The Kier molecular flexibility index (Phi) is 40.5. The van der Waals surface area contributed by atoms with E-state index in [1.54, 1.807) is 0 Å². The Balaban J connectivity index is 3.83. The lowest BCUT2D eigenvalue weighted by Crippen LogP contribution is -2.29. The molecule has 0 aliphatic carbocycles. The van der Waals surface area contributed by atoms with Crippen molar-refractivity contribution in [3.63, 3.8) is 0 Å². The van der Waals surface area contributed by atoms with Crippen molar-refractivity contribution in [3.05, 3.63) is 12.2 Å². The predicted molar refractivity (Wildman–Crippen MR) is 226 cm³/mol. The van der Waals surface area contributed by atoms with Gasteiger partial charge < -0.3 is 19.3 Å². The number of esters is 2. The van der Waals surface area contributed by atoms with Crippen molar-refractivity contribution in [3.8, 4) is 0 Å². The van der Waals surface area contributed by atoms with Crippen LogP contribution in [0.4, 0.5) is 0 Å². The largest absolute Gasteiger partial charge is 0.469 e. The second-order valence-corrected chi connectivity index (χ2v) is 17.0. The molecule has 54 heavy (non-hydrogen) atoms. The summed E-state index contributed by atoms with van der Waals surface area (Å²) in [6.07, 6.45) is 46.5. The van der Waals surface area contributed by atoms with Gasteiger partial charge in [0.25, 0.3) is 0 Å². The van der Waals surface area contributed by atoms with E-state index < -0.39 is 32.5 Å². The van der Waals surface area contributed by atoms with E-state index in [4.69, 9.17) is 19.3 Å². The molecule has 0 aliphatic heterocycles. The first-order chi connectivity index (χ1) is 26.3. The molecule has 0 aromatic heterocycles. The van der Waals surface area contributed by atoms with Crippen molar-refractivity contribution < 1.29 is 37.9 Å². The van der Waals surface area contributed by atoms with E-state index in [1.807, 2.05) is 0 Å². The average molecular weight is 787 g/mol. The lowest BCUT2D eigenvalue weighted by Gasteiger charge is -2.18. The van der Waals surface area contributed by atoms with Gasteiger partial charge in [0.2, 0.25) is 0 Å². The fraction of sp³-hybridized carbons (Fsp3) is 0.911. The van der Waals surface area contributed by atoms with E-state index in [0.717, 1.165) is 51.4 Å². The van der Waals surface area contributed by atoms with Gasteiger partial charge in [0.15, 0.2) is 6.10 Å². The third kappa shape index (κ3) is 43.5. The molecule has 2 N–H and O–H groups in total. The fourth-order valence-electron chi connectivity index (χ4n) is 6.84. The molecule has 9 heteroatoms. The van der Waals surface area contributed by atoms with Crippen molar-refractivity contribution in [2.24, 2.45) is 0 Å². The van der Waals surface area contributed by atoms with Gasteiger partial charge in [0, 0.05) is 12.8 Å². The molecule has 8 nitrogen and oxygen atoms in total. The molecule has 0 spiro atoms. The molecule has 0 bridgehead atoms. The van der Waals surface area contributed by atoms with Crippen LogP contribution in [0.5, 0.6) is 0 Å². The molecule has 0 fully saturated rings. The maximum absolute atomic E-state index is 12.4. The van der Waals surface area contributed by atoms with Crippen LogP contribution in [-0.2, 0) is 28.2 Å². The lowest BCUT2D eigenvalue weighted by molar-refractivity contribution is -0.161. The van der Waals surface area contributed by atoms with E-state index in [-0.39, 0.29) is 19.4 Å². The molecular formula is C45H87O8P. The second-order valence-electron chi connectivity index (χ2n) is 15.7. The molecule has 1 atom stereocenters. The molecule has 0 amide bonds. The van der Waals surface area contributed by atoms with E-state index in [1.165, 1.54) is 161 Å². The first-order valence-electron chi connectivity index (χ1n) is 23.0. The molecule has 1 unspecified atom stereocenters. The third-order valence-electron chi connectivity index (χ3n) is 10.3. The molecule has 0 radical (unpaired) electrons. The highest BCUT2D eigenvalue weighted by atomic mass is 31.2. The number of rotatable bonds is 43. The number of phosphoric ester groups is 1. The van der Waals surface area contributed by atoms with Crippen LogP contribution in [0.15, 0.2) is 12.2 Å². The van der Waals surface area contributed by atoms with Gasteiger partial charge >= 0.3 is 19.8 Å². The lowest BCUT2D eigenvalue weighted by atomic mass is 10.0. The Bertz CT molecular complexity index is 889. The maximum Gasteiger partial charge on any atom is 0.469 e. The highest BCUT2D eigenvalue weighted by Gasteiger charge is 2.23. The topological polar surface area (TPSA) is 119 Å². The maximum atomic E-state index is 12.4. The van der Waals surface area contributed by atoms with Crippen LogP contribution in [0, 0.1) is 0 Å². The molecule has 0 heterocycles. The van der Waals surface area contributed by atoms with Crippen molar-refractivity contribution in [2.45, 2.75) is 251 Å². The number of carbonyl (C=O) groups excluding carboxylic acids is 2. The van der Waals surface area contributed by atoms with Crippen LogP contribution in [0.2, 0.25) is 0 Å². The summed E-state index contributed by atoms with van der Waals surface area (Å²) in [5.41, 5.74) is 0. The predicted octanol–water partition coefficient (Wildman–Crippen LogP) is 14.2. The summed E-state index contributed by atoms with van der Waals surface area (Å²) in [6.45, 7) is 3.71. The molecule has 320 valence electrons. The zero-order chi connectivity index (χ0) is 39.6. The van der Waals surface area contributed by atoms with E-state index in [9.17, 15) is 14.2 Å². The minimum absolute atomic E-state index is 0.206. The van der Waals surface area contributed by atoms with Gasteiger partial charge in [-0.05, 0) is 38.5 Å². The standard InChI is InChI=1S/C45H87O8P/c1-3-5-7-9-11-13-15-17-19-21-22-23-24-26-27-29-31-33-35-37-39-44(46)51-41-43(42-52-54(48,49)50)53-45(47)40-38-36-34-32-30-28-25-20-18-16-14-12-10-8-6-4-2/h20,25,43H,3-19,21-24,26-42H2,1-2H3,(H2,48,49,50)/b25-20-. The van der Waals surface area contributed by atoms with E-state index in [2.05, 4.69) is 30.5 Å². The second kappa shape index (κ2) is 41.4. The molecular weight excluding hydrogens is 699 g/mol. The van der Waals surface area contributed by atoms with E-state index >= 15 is 0 Å². The Labute approximate surface area is 333 Å². The fourth-order valence-corrected chi connectivity index (χ4v) is 7.20. The molecule has 0 aromatic carbocycles. The van der Waals surface area contributed by atoms with Gasteiger partial charge in [0.05, 0.1) is 6.61 Å². The minimum Gasteiger partial charge on any atom is -0.462 e. The highest BCUT2D eigenvalue weighted by Crippen LogP contribution is 2.36. The normalized spacial score (nSPS) is 12.4. The Morgan fingerprint density at radius 2 is 0.778 bits per heavy atom. The van der Waals surface area contributed by atoms with Crippen LogP contribution in [0.3, 0.4) is 0 Å². The number of carbonyl (C=O) groups is 2. The summed E-state index contributed by atoms with van der Waals surface area (Å²) >= 11 is 0. The summed E-state index contributed by atoms with van der Waals surface area (Å²) in [7, 11) is -4.75. The number of phosphoric acid groups is 1. The van der Waals surface area contributed by atoms with Gasteiger partial charge in [-0.1, -0.05) is 206 Å². The molecule has 0 aliphatic rings. The summed E-state index contributed by atoms with van der Waals surface area (Å²) < 4.78 is 26.4. The zero-order valence-corrected chi connectivity index (χ0v) is 36.3. The third-order valence-corrected chi connectivity index (χ3v) is 10.8. The van der Waals surface area contributed by atoms with Crippen LogP contribution >= 0.6 is 7.82 Å². The molecule has 0 aromatic rings. The Hall–Kier alpha value is -1.21. The number of unbranched alkanes of at least 4 members (excludes halogenated alkanes) is 31. The smallest absolute Gasteiger partial charge is 0.462 e. The van der Waals surface area contributed by atoms with Gasteiger partial charge in [-0.2, -0.15) is 0 Å². The molecule has 0 saturated heterocycles. The van der Waals surface area contributed by atoms with Gasteiger partial charge in [-0.3, -0.25) is 14.1 Å². The average Bonchev–Trinajstić information content (AvgIpc) is 3.14. The zero-order valence-electron chi connectivity index (χ0n) is 35.4. The van der Waals surface area contributed by atoms with Crippen molar-refractivity contribution in [2.75, 3.05) is 13.2 Å². The minimum atomic E-state index is -4.75. The molecule has 0 saturated carbocycles. The number of allylic oxidation sites excluding steroid dienone is 2. The van der Waals surface area contributed by atoms with Gasteiger partial charge in [0.1, 0.15) is 6.61 Å². The van der Waals surface area contributed by atoms with E-state index in [0.29, 0.717) is 6.42 Å². The van der Waals surface area contributed by atoms with Crippen LogP contribution in [-0.4, -0.2) is 41.0 Å². The number of ether oxygens (including phenoxy) is 2. The summed E-state index contributed by atoms with van der Waals surface area (Å²) in [4.78, 5) is 42.9. The van der Waals surface area contributed by atoms with Gasteiger partial charge in [-0.25, -0.2) is 4.57 Å². The Morgan fingerprint density at radius 3 is 1.13 bits per heavy atom. The quantitative estimate of drug-likeness (QED) is 0.0271. The van der Waals surface area contributed by atoms with Crippen LogP contribution in [0.1, 0.15) is 245 Å². The first kappa shape index (κ1) is 52.8. The summed E-state index contributed by atoms with van der Waals surface area (Å²) in [6, 6.07) is 0. The number of hydrogen-bond acceptors (Lipinski definition) is 6. The molecule has 0 rings (SSSR count).